The molecule has 1 N–H and O–H groups in total. The summed E-state index contributed by atoms with van der Waals surface area (Å²) in [6.07, 6.45) is -0.410. The number of carbonyl (C=O) groups excluding carboxylic acids is 3. The maximum Gasteiger partial charge on any atom is 0.408 e. The Balaban J connectivity index is 2.12. The number of amides is 1. The molecule has 0 aliphatic carbocycles. The van der Waals surface area contributed by atoms with Crippen LogP contribution >= 0.6 is 0 Å². The van der Waals surface area contributed by atoms with Crippen molar-refractivity contribution in [1.82, 2.24) is 5.32 Å². The number of alkyl carbamates (subject to hydrolysis) is 1. The fraction of sp³-hybridized carbons (Fsp3) is 0.375. The van der Waals surface area contributed by atoms with Gasteiger partial charge in [0.25, 0.3) is 0 Å². The van der Waals surface area contributed by atoms with E-state index in [1.54, 1.807) is 39.8 Å². The van der Waals surface area contributed by atoms with Crippen molar-refractivity contribution in [3.8, 4) is 11.1 Å². The number of nitrogens with one attached hydrogen (secondary N) is 1. The molecule has 0 aliphatic heterocycles. The zero-order chi connectivity index (χ0) is 23.0. The van der Waals surface area contributed by atoms with Gasteiger partial charge < -0.3 is 19.5 Å². The summed E-state index contributed by atoms with van der Waals surface area (Å²) in [6, 6.07) is 13.8. The van der Waals surface area contributed by atoms with Gasteiger partial charge in [0.15, 0.2) is 0 Å². The van der Waals surface area contributed by atoms with Gasteiger partial charge in [-0.1, -0.05) is 36.4 Å². The van der Waals surface area contributed by atoms with Crippen LogP contribution in [0.1, 0.15) is 43.6 Å². The molecule has 2 aromatic carbocycles. The van der Waals surface area contributed by atoms with Gasteiger partial charge >= 0.3 is 18.0 Å². The number of rotatable bonds is 7. The predicted octanol–water partition coefficient (Wildman–Crippen LogP) is 4.14. The minimum atomic E-state index is -0.861. The molecule has 0 fully saturated rings. The van der Waals surface area contributed by atoms with Crippen LogP contribution in [0.25, 0.3) is 11.1 Å². The average molecular weight is 427 g/mol. The van der Waals surface area contributed by atoms with E-state index in [-0.39, 0.29) is 19.0 Å². The molecule has 1 atom stereocenters. The lowest BCUT2D eigenvalue weighted by atomic mass is 10.00. The molecule has 0 radical (unpaired) electrons. The van der Waals surface area contributed by atoms with Gasteiger partial charge in [0, 0.05) is 6.42 Å². The quantitative estimate of drug-likeness (QED) is 0.528. The van der Waals surface area contributed by atoms with Crippen molar-refractivity contribution >= 4 is 18.0 Å². The summed E-state index contributed by atoms with van der Waals surface area (Å²) in [6.45, 7) is 7.18. The lowest BCUT2D eigenvalue weighted by molar-refractivity contribution is -0.145. The van der Waals surface area contributed by atoms with E-state index in [1.807, 2.05) is 36.4 Å². The average Bonchev–Trinajstić information content (AvgIpc) is 2.72. The highest BCUT2D eigenvalue weighted by Gasteiger charge is 2.25. The molecule has 166 valence electrons. The highest BCUT2D eigenvalue weighted by Crippen LogP contribution is 2.21. The van der Waals surface area contributed by atoms with Crippen molar-refractivity contribution in [3.05, 3.63) is 59.7 Å². The fourth-order valence-electron chi connectivity index (χ4n) is 2.87. The summed E-state index contributed by atoms with van der Waals surface area (Å²) in [5.74, 6) is -0.903. The minimum absolute atomic E-state index is 0.214. The first-order valence-corrected chi connectivity index (χ1v) is 10.1. The highest BCUT2D eigenvalue weighted by atomic mass is 16.6. The Morgan fingerprint density at radius 2 is 1.48 bits per heavy atom. The van der Waals surface area contributed by atoms with Crippen molar-refractivity contribution < 1.29 is 28.6 Å². The van der Waals surface area contributed by atoms with Gasteiger partial charge in [-0.05, 0) is 56.5 Å². The van der Waals surface area contributed by atoms with Gasteiger partial charge in [-0.2, -0.15) is 0 Å². The SMILES string of the molecule is CCOC(=O)[C@H](Cc1ccc(-c2ccc(C(=O)OC)cc2)cc1)NC(=O)OC(C)(C)C. The number of benzene rings is 2. The molecule has 0 spiro atoms. The van der Waals surface area contributed by atoms with Gasteiger partial charge in [0.2, 0.25) is 0 Å². The summed E-state index contributed by atoms with van der Waals surface area (Å²) in [7, 11) is 1.34. The predicted molar refractivity (Wildman–Crippen MR) is 117 cm³/mol. The molecule has 7 nitrogen and oxygen atoms in total. The largest absolute Gasteiger partial charge is 0.465 e. The standard InChI is InChI=1S/C24H29NO6/c1-6-30-22(27)20(25-23(28)31-24(2,3)4)15-16-7-9-17(10-8-16)18-11-13-19(14-12-18)21(26)29-5/h7-14,20H,6,15H2,1-5H3,(H,25,28)/t20-/m0/s1. The molecule has 31 heavy (non-hydrogen) atoms. The molecule has 2 aromatic rings. The normalized spacial score (nSPS) is 11.9. The smallest absolute Gasteiger partial charge is 0.408 e. The minimum Gasteiger partial charge on any atom is -0.465 e. The Hall–Kier alpha value is -3.35. The number of methoxy groups -OCH3 is 1. The van der Waals surface area contributed by atoms with Crippen LogP contribution in [0.5, 0.6) is 0 Å². The van der Waals surface area contributed by atoms with E-state index < -0.39 is 23.7 Å². The Morgan fingerprint density at radius 1 is 0.935 bits per heavy atom. The third-order valence-electron chi connectivity index (χ3n) is 4.30. The van der Waals surface area contributed by atoms with Crippen molar-refractivity contribution in [2.75, 3.05) is 13.7 Å². The zero-order valence-corrected chi connectivity index (χ0v) is 18.6. The molecule has 1 amide bonds. The van der Waals surface area contributed by atoms with Gasteiger partial charge in [-0.3, -0.25) is 0 Å². The third kappa shape index (κ3) is 7.44. The van der Waals surface area contributed by atoms with Gasteiger partial charge in [0.1, 0.15) is 11.6 Å². The van der Waals surface area contributed by atoms with Gasteiger partial charge in [-0.15, -0.1) is 0 Å². The van der Waals surface area contributed by atoms with E-state index in [2.05, 4.69) is 5.32 Å². The maximum atomic E-state index is 12.3. The summed E-state index contributed by atoms with van der Waals surface area (Å²) in [5.41, 5.74) is 2.55. The Labute approximate surface area is 182 Å². The monoisotopic (exact) mass is 427 g/mol. The van der Waals surface area contributed by atoms with E-state index in [0.717, 1.165) is 16.7 Å². The van der Waals surface area contributed by atoms with E-state index in [4.69, 9.17) is 14.2 Å². The Bertz CT molecular complexity index is 897. The zero-order valence-electron chi connectivity index (χ0n) is 18.6. The van der Waals surface area contributed by atoms with Crippen LogP contribution < -0.4 is 5.32 Å². The third-order valence-corrected chi connectivity index (χ3v) is 4.30. The number of hydrogen-bond donors (Lipinski definition) is 1. The topological polar surface area (TPSA) is 90.9 Å². The van der Waals surface area contributed by atoms with Crippen molar-refractivity contribution in [2.24, 2.45) is 0 Å². The molecular formula is C24H29NO6. The Morgan fingerprint density at radius 3 is 1.97 bits per heavy atom. The fourth-order valence-corrected chi connectivity index (χ4v) is 2.87. The number of carbonyl (C=O) groups is 3. The molecule has 0 aromatic heterocycles. The molecular weight excluding hydrogens is 398 g/mol. The lowest BCUT2D eigenvalue weighted by Gasteiger charge is -2.23. The molecule has 0 saturated carbocycles. The van der Waals surface area contributed by atoms with E-state index >= 15 is 0 Å². The molecule has 0 unspecified atom stereocenters. The van der Waals surface area contributed by atoms with Crippen LogP contribution in [0.2, 0.25) is 0 Å². The van der Waals surface area contributed by atoms with Crippen LogP contribution in [0.3, 0.4) is 0 Å². The van der Waals surface area contributed by atoms with Crippen LogP contribution in [0.4, 0.5) is 4.79 Å². The van der Waals surface area contributed by atoms with Crippen LogP contribution in [0.15, 0.2) is 48.5 Å². The van der Waals surface area contributed by atoms with Crippen molar-refractivity contribution in [3.63, 3.8) is 0 Å². The van der Waals surface area contributed by atoms with Crippen LogP contribution in [0, 0.1) is 0 Å². The summed E-state index contributed by atoms with van der Waals surface area (Å²) in [5, 5.41) is 2.60. The molecule has 2 rings (SSSR count). The second-order valence-electron chi connectivity index (χ2n) is 7.92. The molecule has 0 heterocycles. The molecule has 0 aliphatic rings. The van der Waals surface area contributed by atoms with E-state index in [9.17, 15) is 14.4 Å². The molecule has 0 bridgehead atoms. The first-order valence-electron chi connectivity index (χ1n) is 10.1. The second kappa shape index (κ2) is 10.6. The number of ether oxygens (including phenoxy) is 3. The van der Waals surface area contributed by atoms with Crippen molar-refractivity contribution in [2.45, 2.75) is 45.8 Å². The van der Waals surface area contributed by atoms with Gasteiger partial charge in [-0.25, -0.2) is 14.4 Å². The van der Waals surface area contributed by atoms with E-state index in [0.29, 0.717) is 5.56 Å². The first kappa shape index (κ1) is 23.9. The van der Waals surface area contributed by atoms with Crippen LogP contribution in [-0.4, -0.2) is 43.4 Å². The van der Waals surface area contributed by atoms with Crippen LogP contribution in [-0.2, 0) is 25.4 Å². The molecule has 7 heteroatoms. The lowest BCUT2D eigenvalue weighted by Crippen LogP contribution is -2.45. The molecule has 0 saturated heterocycles. The Kier molecular flexibility index (Phi) is 8.19. The first-order chi connectivity index (χ1) is 14.6. The van der Waals surface area contributed by atoms with Gasteiger partial charge in [0.05, 0.1) is 19.3 Å². The second-order valence-corrected chi connectivity index (χ2v) is 7.92. The summed E-state index contributed by atoms with van der Waals surface area (Å²) >= 11 is 0. The van der Waals surface area contributed by atoms with E-state index in [1.165, 1.54) is 7.11 Å². The maximum absolute atomic E-state index is 12.3. The summed E-state index contributed by atoms with van der Waals surface area (Å²) in [4.78, 5) is 36.0. The number of esters is 2. The number of hydrogen-bond acceptors (Lipinski definition) is 6. The summed E-state index contributed by atoms with van der Waals surface area (Å²) < 4.78 is 15.1. The van der Waals surface area contributed by atoms with Crippen molar-refractivity contribution in [1.29, 1.82) is 0 Å². The highest BCUT2D eigenvalue weighted by molar-refractivity contribution is 5.90.